The number of halogens is 3. The van der Waals surface area contributed by atoms with Gasteiger partial charge in [0, 0.05) is 12.1 Å². The number of rotatable bonds is 9. The molecular weight excluding hydrogens is 617 g/mol. The predicted octanol–water partition coefficient (Wildman–Crippen LogP) is 7.37. The van der Waals surface area contributed by atoms with Crippen LogP contribution in [0.2, 0.25) is 0 Å². The summed E-state index contributed by atoms with van der Waals surface area (Å²) in [5.41, 5.74) is 3.80. The first-order chi connectivity index (χ1) is 21.8. The summed E-state index contributed by atoms with van der Waals surface area (Å²) in [4.78, 5) is 35.7. The predicted molar refractivity (Wildman–Crippen MR) is 172 cm³/mol. The fraction of sp³-hybridized carbons (Fsp3) is 0.303. The number of anilines is 1. The van der Waals surface area contributed by atoms with Gasteiger partial charge in [0.05, 0.1) is 17.1 Å². The average Bonchev–Trinajstić information content (AvgIpc) is 3.63. The fourth-order valence-corrected chi connectivity index (χ4v) is 5.87. The maximum atomic E-state index is 12.9. The van der Waals surface area contributed by atoms with Crippen LogP contribution < -0.4 is 15.0 Å². The molecule has 0 unspecified atom stereocenters. The van der Waals surface area contributed by atoms with Gasteiger partial charge in [0.15, 0.2) is 11.0 Å². The highest BCUT2D eigenvalue weighted by molar-refractivity contribution is 8.15. The van der Waals surface area contributed by atoms with Crippen LogP contribution in [0.4, 0.5) is 23.7 Å². The number of benzene rings is 3. The number of amides is 3. The summed E-state index contributed by atoms with van der Waals surface area (Å²) in [5.74, 6) is 0.459. The zero-order valence-electron chi connectivity index (χ0n) is 25.7. The zero-order chi connectivity index (χ0) is 33.1. The number of thioether (sulfide) groups is 1. The monoisotopic (exact) mass is 650 g/mol. The minimum atomic E-state index is -4.76. The first kappa shape index (κ1) is 32.7. The lowest BCUT2D eigenvalue weighted by Gasteiger charge is -2.25. The molecule has 9 nitrogen and oxygen atoms in total. The second kappa shape index (κ2) is 13.4. The summed E-state index contributed by atoms with van der Waals surface area (Å²) >= 11 is 1.25. The molecule has 1 saturated heterocycles. The molecule has 5 rings (SSSR count). The molecule has 240 valence electrons. The minimum absolute atomic E-state index is 0.107. The van der Waals surface area contributed by atoms with Crippen LogP contribution in [0.25, 0.3) is 17.1 Å². The Morgan fingerprint density at radius 3 is 2.41 bits per heavy atom. The molecule has 0 aliphatic carbocycles. The molecule has 0 saturated carbocycles. The third-order valence-electron chi connectivity index (χ3n) is 7.20. The molecule has 13 heteroatoms. The molecule has 0 spiro atoms. The Labute approximate surface area is 268 Å². The normalized spacial score (nSPS) is 14.7. The number of urea groups is 1. The molecule has 0 bridgehead atoms. The largest absolute Gasteiger partial charge is 0.573 e. The van der Waals surface area contributed by atoms with Gasteiger partial charge < -0.3 is 10.1 Å². The molecule has 46 heavy (non-hydrogen) atoms. The number of carbonyl (C=O) groups is 2. The molecule has 3 aromatic carbocycles. The van der Waals surface area contributed by atoms with Crippen molar-refractivity contribution in [2.24, 2.45) is 10.4 Å². The molecule has 4 aromatic rings. The van der Waals surface area contributed by atoms with Gasteiger partial charge in [0.2, 0.25) is 5.91 Å². The van der Waals surface area contributed by atoms with E-state index in [0.29, 0.717) is 29.6 Å². The van der Waals surface area contributed by atoms with Gasteiger partial charge in [-0.05, 0) is 59.2 Å². The van der Waals surface area contributed by atoms with Crippen LogP contribution in [0.15, 0.2) is 84.1 Å². The Kier molecular flexibility index (Phi) is 9.52. The lowest BCUT2D eigenvalue weighted by atomic mass is 9.85. The summed E-state index contributed by atoms with van der Waals surface area (Å²) in [6.07, 6.45) is -2.60. The summed E-state index contributed by atoms with van der Waals surface area (Å²) in [6.45, 7) is 8.57. The van der Waals surface area contributed by atoms with E-state index >= 15 is 0 Å². The number of aromatic nitrogens is 3. The highest BCUT2D eigenvalue weighted by atomic mass is 32.2. The first-order valence-electron chi connectivity index (χ1n) is 14.6. The van der Waals surface area contributed by atoms with Gasteiger partial charge in [-0.3, -0.25) is 9.69 Å². The quantitative estimate of drug-likeness (QED) is 0.203. The van der Waals surface area contributed by atoms with Crippen molar-refractivity contribution in [3.8, 4) is 22.8 Å². The molecule has 1 aromatic heterocycles. The average molecular weight is 651 g/mol. The number of nitrogens with one attached hydrogen (secondary N) is 1. The summed E-state index contributed by atoms with van der Waals surface area (Å²) in [7, 11) is 0. The molecule has 3 amide bonds. The number of ether oxygens (including phenoxy) is 1. The third kappa shape index (κ3) is 8.13. The SMILES string of the molecule is CC(C)c1ccccc1N1C(=O)CS/C1=N\C(=O)NCC(C)(C)Cc1ccc(-c2ncn(-c3ccc(OC(F)(F)F)cc3)n2)cc1. The van der Waals surface area contributed by atoms with Crippen LogP contribution >= 0.6 is 11.8 Å². The molecule has 1 N–H and O–H groups in total. The summed E-state index contributed by atoms with van der Waals surface area (Å²) < 4.78 is 42.7. The Hall–Kier alpha value is -4.65. The zero-order valence-corrected chi connectivity index (χ0v) is 26.5. The van der Waals surface area contributed by atoms with E-state index in [1.54, 1.807) is 0 Å². The minimum Gasteiger partial charge on any atom is -0.406 e. The number of nitrogens with zero attached hydrogens (tertiary/aromatic N) is 5. The maximum Gasteiger partial charge on any atom is 0.573 e. The molecule has 1 aliphatic heterocycles. The van der Waals surface area contributed by atoms with Crippen LogP contribution in [0.5, 0.6) is 5.75 Å². The standard InChI is InChI=1S/C33H33F3N6O3S/c1-21(2)26-7-5-6-8-27(26)42-28(43)18-46-31(42)39-30(44)37-19-32(3,4)17-22-9-11-23(12-10-22)29-38-20-41(40-29)24-13-15-25(16-14-24)45-33(34,35)36/h5-16,20-21H,17-19H2,1-4H3,(H,37,44)/b39-31-. The van der Waals surface area contributed by atoms with Crippen molar-refractivity contribution in [2.45, 2.75) is 46.4 Å². The van der Waals surface area contributed by atoms with Gasteiger partial charge in [-0.15, -0.1) is 18.3 Å². The number of aliphatic imine (C=N–C) groups is 1. The van der Waals surface area contributed by atoms with Crippen molar-refractivity contribution in [1.82, 2.24) is 20.1 Å². The van der Waals surface area contributed by atoms with E-state index < -0.39 is 12.4 Å². The van der Waals surface area contributed by atoms with Crippen molar-refractivity contribution in [3.63, 3.8) is 0 Å². The number of hydrogen-bond acceptors (Lipinski definition) is 6. The molecule has 0 atom stereocenters. The first-order valence-corrected chi connectivity index (χ1v) is 15.5. The Bertz CT molecular complexity index is 1730. The molecule has 1 aliphatic rings. The van der Waals surface area contributed by atoms with E-state index in [-0.39, 0.29) is 28.7 Å². The fourth-order valence-electron chi connectivity index (χ4n) is 5.01. The molecule has 2 heterocycles. The van der Waals surface area contributed by atoms with Crippen molar-refractivity contribution >= 4 is 34.6 Å². The van der Waals surface area contributed by atoms with Crippen LogP contribution in [-0.2, 0) is 11.2 Å². The van der Waals surface area contributed by atoms with Crippen LogP contribution in [0.3, 0.4) is 0 Å². The van der Waals surface area contributed by atoms with E-state index in [4.69, 9.17) is 0 Å². The highest BCUT2D eigenvalue weighted by Gasteiger charge is 2.33. The van der Waals surface area contributed by atoms with Gasteiger partial charge in [-0.2, -0.15) is 4.99 Å². The second-order valence-electron chi connectivity index (χ2n) is 11.9. The molecule has 1 fully saturated rings. The maximum absolute atomic E-state index is 12.9. The number of alkyl halides is 3. The van der Waals surface area contributed by atoms with E-state index in [1.165, 1.54) is 51.9 Å². The van der Waals surface area contributed by atoms with Crippen molar-refractivity contribution < 1.29 is 27.5 Å². The van der Waals surface area contributed by atoms with Gasteiger partial charge in [0.1, 0.15) is 12.1 Å². The van der Waals surface area contributed by atoms with E-state index in [0.717, 1.165) is 22.4 Å². The van der Waals surface area contributed by atoms with Crippen molar-refractivity contribution in [3.05, 3.63) is 90.3 Å². The number of amidine groups is 1. The Morgan fingerprint density at radius 2 is 1.74 bits per heavy atom. The lowest BCUT2D eigenvalue weighted by Crippen LogP contribution is -2.36. The summed E-state index contributed by atoms with van der Waals surface area (Å²) in [6, 6.07) is 20.2. The van der Waals surface area contributed by atoms with Gasteiger partial charge in [-0.25, -0.2) is 14.5 Å². The van der Waals surface area contributed by atoms with E-state index in [2.05, 4.69) is 39.0 Å². The Morgan fingerprint density at radius 1 is 1.04 bits per heavy atom. The van der Waals surface area contributed by atoms with Crippen LogP contribution in [0.1, 0.15) is 44.7 Å². The number of para-hydroxylation sites is 1. The number of hydrogen-bond donors (Lipinski definition) is 1. The van der Waals surface area contributed by atoms with Crippen molar-refractivity contribution in [2.75, 3.05) is 17.2 Å². The lowest BCUT2D eigenvalue weighted by molar-refractivity contribution is -0.274. The van der Waals surface area contributed by atoms with Crippen LogP contribution in [0, 0.1) is 5.41 Å². The molecule has 0 radical (unpaired) electrons. The third-order valence-corrected chi connectivity index (χ3v) is 8.13. The van der Waals surface area contributed by atoms with Gasteiger partial charge in [0.25, 0.3) is 0 Å². The summed E-state index contributed by atoms with van der Waals surface area (Å²) in [5, 5.41) is 7.72. The van der Waals surface area contributed by atoms with E-state index in [1.807, 2.05) is 62.4 Å². The van der Waals surface area contributed by atoms with Crippen molar-refractivity contribution in [1.29, 1.82) is 0 Å². The second-order valence-corrected chi connectivity index (χ2v) is 12.8. The van der Waals surface area contributed by atoms with Gasteiger partial charge in [-0.1, -0.05) is 81.9 Å². The van der Waals surface area contributed by atoms with E-state index in [9.17, 15) is 22.8 Å². The Balaban J connectivity index is 1.18. The smallest absolute Gasteiger partial charge is 0.406 e. The topological polar surface area (TPSA) is 102 Å². The highest BCUT2D eigenvalue weighted by Crippen LogP contribution is 2.33. The molecular formula is C33H33F3N6O3S. The number of carbonyl (C=O) groups excluding carboxylic acids is 2. The van der Waals surface area contributed by atoms with Crippen LogP contribution in [-0.4, -0.2) is 50.5 Å². The van der Waals surface area contributed by atoms with Gasteiger partial charge >= 0.3 is 12.4 Å².